The number of ketones is 1. The van der Waals surface area contributed by atoms with Gasteiger partial charge in [0.15, 0.2) is 5.78 Å². The molecule has 2 aromatic rings. The van der Waals surface area contributed by atoms with Crippen molar-refractivity contribution in [2.45, 2.75) is 13.8 Å². The number of Topliss-reactive ketones (excluding diaryl/α,β-unsaturated/α-hetero) is 1. The van der Waals surface area contributed by atoms with E-state index in [0.29, 0.717) is 15.7 Å². The molecule has 1 heterocycles. The van der Waals surface area contributed by atoms with E-state index < -0.39 is 0 Å². The smallest absolute Gasteiger partial charge is 0.204 e. The van der Waals surface area contributed by atoms with E-state index in [1.54, 1.807) is 25.3 Å². The number of carbonyl (C=O) groups is 1. The molecule has 1 aromatic carbocycles. The van der Waals surface area contributed by atoms with Crippen molar-refractivity contribution in [3.8, 4) is 0 Å². The summed E-state index contributed by atoms with van der Waals surface area (Å²) in [5.74, 6) is -0.294. The second-order valence-electron chi connectivity index (χ2n) is 3.91. The number of nitrogens with zero attached hydrogens (tertiary/aromatic N) is 2. The Hall–Kier alpha value is -2.08. The number of thiazole rings is 1. The molecule has 0 atom stereocenters. The van der Waals surface area contributed by atoms with Crippen molar-refractivity contribution in [2.24, 2.45) is 5.10 Å². The van der Waals surface area contributed by atoms with Crippen LogP contribution >= 0.6 is 11.3 Å². The van der Waals surface area contributed by atoms with Gasteiger partial charge in [0.25, 0.3) is 0 Å². The number of aryl methyl sites for hydroxylation is 1. The normalized spacial score (nSPS) is 10.9. The molecule has 1 N–H and O–H groups in total. The fourth-order valence-corrected chi connectivity index (χ4v) is 2.29. The maximum atomic E-state index is 12.7. The summed E-state index contributed by atoms with van der Waals surface area (Å²) in [5, 5.41) is 4.55. The number of anilines is 1. The predicted octanol–water partition coefficient (Wildman–Crippen LogP) is 3.24. The van der Waals surface area contributed by atoms with Crippen LogP contribution in [0, 0.1) is 12.7 Å². The summed E-state index contributed by atoms with van der Waals surface area (Å²) in [4.78, 5) is 16.1. The Bertz CT molecular complexity index is 619. The van der Waals surface area contributed by atoms with E-state index in [2.05, 4.69) is 15.5 Å². The molecule has 0 saturated heterocycles. The minimum atomic E-state index is -0.285. The van der Waals surface area contributed by atoms with Crippen molar-refractivity contribution in [3.05, 3.63) is 46.2 Å². The number of hydrazone groups is 1. The van der Waals surface area contributed by atoms with Crippen molar-refractivity contribution in [2.75, 3.05) is 5.43 Å². The Morgan fingerprint density at radius 3 is 2.68 bits per heavy atom. The number of carbonyl (C=O) groups excluding carboxylic acids is 1. The Labute approximate surface area is 114 Å². The van der Waals surface area contributed by atoms with Crippen LogP contribution in [0.3, 0.4) is 0 Å². The summed E-state index contributed by atoms with van der Waals surface area (Å²) in [7, 11) is 0. The van der Waals surface area contributed by atoms with Gasteiger partial charge in [-0.05, 0) is 24.6 Å². The lowest BCUT2D eigenvalue weighted by atomic mass is 10.2. The zero-order valence-electron chi connectivity index (χ0n) is 10.5. The molecule has 1 aromatic heterocycles. The van der Waals surface area contributed by atoms with Gasteiger partial charge in [0, 0.05) is 6.92 Å². The topological polar surface area (TPSA) is 54.4 Å². The summed E-state index contributed by atoms with van der Waals surface area (Å²) in [5.41, 5.74) is 4.22. The van der Waals surface area contributed by atoms with E-state index in [4.69, 9.17) is 0 Å². The number of rotatable bonds is 4. The summed E-state index contributed by atoms with van der Waals surface area (Å²) in [6.45, 7) is 3.29. The molecule has 2 rings (SSSR count). The standard InChI is InChI=1S/C13H12FN3OS/c1-8-12(9(2)18)19-13(16-8)17-15-7-10-3-5-11(14)6-4-10/h3-7H,1-2H3,(H,16,17)/b15-7+. The van der Waals surface area contributed by atoms with Gasteiger partial charge in [-0.25, -0.2) is 9.37 Å². The molecule has 0 aliphatic rings. The molecule has 0 aliphatic heterocycles. The molecule has 0 unspecified atom stereocenters. The first kappa shape index (κ1) is 13.4. The van der Waals surface area contributed by atoms with Crippen LogP contribution in [0.25, 0.3) is 0 Å². The third-order valence-electron chi connectivity index (χ3n) is 2.36. The summed E-state index contributed by atoms with van der Waals surface area (Å²) >= 11 is 1.26. The van der Waals surface area contributed by atoms with E-state index in [-0.39, 0.29) is 11.6 Å². The van der Waals surface area contributed by atoms with Gasteiger partial charge in [-0.2, -0.15) is 5.10 Å². The largest absolute Gasteiger partial charge is 0.294 e. The fourth-order valence-electron chi connectivity index (χ4n) is 1.48. The maximum absolute atomic E-state index is 12.7. The van der Waals surface area contributed by atoms with Crippen LogP contribution in [0.2, 0.25) is 0 Å². The van der Waals surface area contributed by atoms with Crippen molar-refractivity contribution in [1.29, 1.82) is 0 Å². The number of benzene rings is 1. The number of aromatic nitrogens is 1. The molecule has 6 heteroatoms. The SMILES string of the molecule is CC(=O)c1sc(N/N=C/c2ccc(F)cc2)nc1C. The summed E-state index contributed by atoms with van der Waals surface area (Å²) < 4.78 is 12.7. The minimum absolute atomic E-state index is 0.00874. The van der Waals surface area contributed by atoms with Gasteiger partial charge < -0.3 is 0 Å². The third-order valence-corrected chi connectivity index (χ3v) is 3.52. The average Bonchev–Trinajstić information content (AvgIpc) is 2.73. The van der Waals surface area contributed by atoms with Gasteiger partial charge in [-0.15, -0.1) is 0 Å². The van der Waals surface area contributed by atoms with Crippen LogP contribution < -0.4 is 5.43 Å². The van der Waals surface area contributed by atoms with Gasteiger partial charge >= 0.3 is 0 Å². The van der Waals surface area contributed by atoms with Crippen molar-refractivity contribution in [3.63, 3.8) is 0 Å². The Kier molecular flexibility index (Phi) is 4.01. The number of hydrogen-bond donors (Lipinski definition) is 1. The molecule has 0 saturated carbocycles. The first-order valence-electron chi connectivity index (χ1n) is 5.59. The summed E-state index contributed by atoms with van der Waals surface area (Å²) in [6, 6.07) is 5.97. The first-order valence-corrected chi connectivity index (χ1v) is 6.41. The highest BCUT2D eigenvalue weighted by molar-refractivity contribution is 7.17. The predicted molar refractivity (Wildman–Crippen MR) is 74.5 cm³/mol. The Morgan fingerprint density at radius 1 is 1.42 bits per heavy atom. The lowest BCUT2D eigenvalue weighted by Crippen LogP contribution is -1.90. The van der Waals surface area contributed by atoms with Crippen LogP contribution in [0.5, 0.6) is 0 Å². The quantitative estimate of drug-likeness (QED) is 0.530. The van der Waals surface area contributed by atoms with Gasteiger partial charge in [0.1, 0.15) is 5.82 Å². The molecule has 0 fully saturated rings. The van der Waals surface area contributed by atoms with Crippen LogP contribution in [0.1, 0.15) is 27.9 Å². The van der Waals surface area contributed by atoms with E-state index in [1.165, 1.54) is 30.4 Å². The molecule has 0 aliphatic carbocycles. The third kappa shape index (κ3) is 3.45. The molecule has 0 bridgehead atoms. The van der Waals surface area contributed by atoms with Crippen LogP contribution in [0.15, 0.2) is 29.4 Å². The van der Waals surface area contributed by atoms with Gasteiger partial charge in [0.2, 0.25) is 5.13 Å². The maximum Gasteiger partial charge on any atom is 0.204 e. The van der Waals surface area contributed by atoms with Crippen molar-refractivity contribution < 1.29 is 9.18 Å². The van der Waals surface area contributed by atoms with Crippen molar-refractivity contribution >= 4 is 28.5 Å². The Balaban J connectivity index is 2.04. The fraction of sp³-hybridized carbons (Fsp3) is 0.154. The lowest BCUT2D eigenvalue weighted by Gasteiger charge is -1.94. The van der Waals surface area contributed by atoms with E-state index in [9.17, 15) is 9.18 Å². The summed E-state index contributed by atoms with van der Waals surface area (Å²) in [6.07, 6.45) is 1.56. The second-order valence-corrected chi connectivity index (χ2v) is 4.91. The van der Waals surface area contributed by atoms with Gasteiger partial charge in [-0.1, -0.05) is 23.5 Å². The highest BCUT2D eigenvalue weighted by Gasteiger charge is 2.10. The second kappa shape index (κ2) is 5.71. The van der Waals surface area contributed by atoms with E-state index in [1.807, 2.05) is 0 Å². The van der Waals surface area contributed by atoms with Crippen LogP contribution in [-0.2, 0) is 0 Å². The zero-order chi connectivity index (χ0) is 13.8. The molecule has 19 heavy (non-hydrogen) atoms. The molecule has 4 nitrogen and oxygen atoms in total. The highest BCUT2D eigenvalue weighted by Crippen LogP contribution is 2.22. The zero-order valence-corrected chi connectivity index (χ0v) is 11.3. The number of hydrogen-bond acceptors (Lipinski definition) is 5. The minimum Gasteiger partial charge on any atom is -0.294 e. The average molecular weight is 277 g/mol. The Morgan fingerprint density at radius 2 is 2.11 bits per heavy atom. The molecule has 98 valence electrons. The van der Waals surface area contributed by atoms with Crippen LogP contribution in [-0.4, -0.2) is 17.0 Å². The molecule has 0 radical (unpaired) electrons. The molecular weight excluding hydrogens is 265 g/mol. The molecular formula is C13H12FN3OS. The van der Waals surface area contributed by atoms with E-state index >= 15 is 0 Å². The van der Waals surface area contributed by atoms with Crippen molar-refractivity contribution in [1.82, 2.24) is 4.98 Å². The van der Waals surface area contributed by atoms with Gasteiger partial charge in [-0.3, -0.25) is 10.2 Å². The first-order chi connectivity index (χ1) is 9.06. The van der Waals surface area contributed by atoms with Crippen LogP contribution in [0.4, 0.5) is 9.52 Å². The monoisotopic (exact) mass is 277 g/mol. The molecule has 0 spiro atoms. The highest BCUT2D eigenvalue weighted by atomic mass is 32.1. The number of halogens is 1. The molecule has 0 amide bonds. The van der Waals surface area contributed by atoms with Gasteiger partial charge in [0.05, 0.1) is 16.8 Å². The lowest BCUT2D eigenvalue weighted by molar-refractivity contribution is 0.102. The number of nitrogens with one attached hydrogen (secondary N) is 1. The van der Waals surface area contributed by atoms with E-state index in [0.717, 1.165) is 5.56 Å².